The molecule has 1 atom stereocenters. The monoisotopic (exact) mass is 333 g/mol. The number of nitrogens with zero attached hydrogens (tertiary/aromatic N) is 4. The molecule has 1 fully saturated rings. The number of hydrogen-bond acceptors (Lipinski definition) is 2. The summed E-state index contributed by atoms with van der Waals surface area (Å²) in [7, 11) is 4.21. The number of aliphatic imine (C=N–C) groups is 1. The van der Waals surface area contributed by atoms with E-state index < -0.39 is 0 Å². The van der Waals surface area contributed by atoms with Crippen molar-refractivity contribution in [2.75, 3.05) is 33.2 Å². The highest BCUT2D eigenvalue weighted by molar-refractivity contribution is 5.79. The fourth-order valence-electron chi connectivity index (χ4n) is 3.38. The van der Waals surface area contributed by atoms with Crippen molar-refractivity contribution < 1.29 is 0 Å². The zero-order valence-electron chi connectivity index (χ0n) is 16.1. The van der Waals surface area contributed by atoms with Gasteiger partial charge in [0, 0.05) is 51.7 Å². The third-order valence-electron chi connectivity index (χ3n) is 4.93. The Kier molecular flexibility index (Phi) is 7.16. The lowest BCUT2D eigenvalue weighted by Crippen LogP contribution is -2.42. The van der Waals surface area contributed by atoms with E-state index in [2.05, 4.69) is 72.9 Å². The number of nitrogens with one attached hydrogen (secondary N) is 1. The molecule has 0 bridgehead atoms. The third kappa shape index (κ3) is 5.26. The number of piperidine rings is 1. The van der Waals surface area contributed by atoms with Crippen molar-refractivity contribution in [2.24, 2.45) is 18.0 Å². The summed E-state index contributed by atoms with van der Waals surface area (Å²) in [6.45, 7) is 11.8. The van der Waals surface area contributed by atoms with Gasteiger partial charge < -0.3 is 19.7 Å². The molecule has 5 nitrogen and oxygen atoms in total. The molecule has 2 heterocycles. The number of rotatable bonds is 6. The Morgan fingerprint density at radius 3 is 2.88 bits per heavy atom. The minimum absolute atomic E-state index is 0.644. The van der Waals surface area contributed by atoms with Gasteiger partial charge in [-0.1, -0.05) is 0 Å². The molecule has 5 heteroatoms. The summed E-state index contributed by atoms with van der Waals surface area (Å²) in [5.74, 6) is 1.69. The fourth-order valence-corrected chi connectivity index (χ4v) is 3.38. The molecule has 24 heavy (non-hydrogen) atoms. The van der Waals surface area contributed by atoms with E-state index in [1.165, 1.54) is 31.6 Å². The second-order valence-electron chi connectivity index (χ2n) is 7.26. The van der Waals surface area contributed by atoms with Gasteiger partial charge in [-0.2, -0.15) is 0 Å². The summed E-state index contributed by atoms with van der Waals surface area (Å²) in [6.07, 6.45) is 4.69. The van der Waals surface area contributed by atoms with Gasteiger partial charge in [-0.3, -0.25) is 4.99 Å². The molecule has 1 aromatic rings. The lowest BCUT2D eigenvalue weighted by Gasteiger charge is -2.35. The molecule has 136 valence electrons. The Balaban J connectivity index is 1.95. The quantitative estimate of drug-likeness (QED) is 0.642. The van der Waals surface area contributed by atoms with Crippen molar-refractivity contribution in [2.45, 2.75) is 46.2 Å². The Labute approximate surface area is 147 Å². The molecule has 1 saturated heterocycles. The van der Waals surface area contributed by atoms with E-state index in [1.807, 2.05) is 0 Å². The number of aromatic nitrogens is 1. The van der Waals surface area contributed by atoms with Crippen LogP contribution in [0.1, 0.15) is 39.3 Å². The van der Waals surface area contributed by atoms with Gasteiger partial charge in [-0.15, -0.1) is 0 Å². The lowest BCUT2D eigenvalue weighted by molar-refractivity contribution is 0.143. The number of likely N-dealkylation sites (tertiary alicyclic amines) is 1. The predicted octanol–water partition coefficient (Wildman–Crippen LogP) is 2.54. The molecular formula is C19H35N5. The highest BCUT2D eigenvalue weighted by Crippen LogP contribution is 2.18. The molecule has 0 amide bonds. The Morgan fingerprint density at radius 2 is 2.25 bits per heavy atom. The van der Waals surface area contributed by atoms with Gasteiger partial charge in [-0.05, 0) is 58.2 Å². The van der Waals surface area contributed by atoms with Crippen LogP contribution in [0.15, 0.2) is 23.3 Å². The van der Waals surface area contributed by atoms with Gasteiger partial charge in [-0.25, -0.2) is 0 Å². The molecule has 0 radical (unpaired) electrons. The van der Waals surface area contributed by atoms with Crippen molar-refractivity contribution in [1.29, 1.82) is 0 Å². The molecule has 1 N–H and O–H groups in total. The van der Waals surface area contributed by atoms with Gasteiger partial charge in [0.05, 0.1) is 6.54 Å². The van der Waals surface area contributed by atoms with Crippen LogP contribution in [0.3, 0.4) is 0 Å². The summed E-state index contributed by atoms with van der Waals surface area (Å²) in [5.41, 5.74) is 1.30. The number of hydrogen-bond donors (Lipinski definition) is 1. The van der Waals surface area contributed by atoms with E-state index in [0.717, 1.165) is 25.6 Å². The van der Waals surface area contributed by atoms with Gasteiger partial charge in [0.15, 0.2) is 5.96 Å². The van der Waals surface area contributed by atoms with Crippen LogP contribution in [0.4, 0.5) is 0 Å². The van der Waals surface area contributed by atoms with E-state index in [1.54, 1.807) is 0 Å². The molecule has 1 unspecified atom stereocenters. The summed E-state index contributed by atoms with van der Waals surface area (Å²) in [4.78, 5) is 9.75. The summed E-state index contributed by atoms with van der Waals surface area (Å²) < 4.78 is 2.17. The predicted molar refractivity (Wildman–Crippen MR) is 102 cm³/mol. The van der Waals surface area contributed by atoms with Crippen LogP contribution in [0.2, 0.25) is 0 Å². The molecule has 1 aromatic heterocycles. The Hall–Kier alpha value is -1.49. The van der Waals surface area contributed by atoms with E-state index >= 15 is 0 Å². The first-order chi connectivity index (χ1) is 11.5. The normalized spacial score (nSPS) is 19.8. The number of aryl methyl sites for hydroxylation is 1. The standard InChI is InChI=1S/C19H35N5/c1-6-20-19(23(5)15-18-10-8-11-22(18)4)21-13-17-9-7-12-24(14-17)16(2)3/h8,10-11,16-17H,6-7,9,12-15H2,1-5H3,(H,20,21). The van der Waals surface area contributed by atoms with Crippen LogP contribution in [0, 0.1) is 5.92 Å². The second kappa shape index (κ2) is 9.11. The molecule has 1 aliphatic heterocycles. The fraction of sp³-hybridized carbons (Fsp3) is 0.737. The maximum atomic E-state index is 4.94. The molecule has 1 aliphatic rings. The SMILES string of the molecule is CCNC(=NCC1CCCN(C(C)C)C1)N(C)Cc1cccn1C. The van der Waals surface area contributed by atoms with Gasteiger partial charge in [0.1, 0.15) is 0 Å². The first-order valence-corrected chi connectivity index (χ1v) is 9.35. The zero-order chi connectivity index (χ0) is 17.5. The van der Waals surface area contributed by atoms with Crippen molar-refractivity contribution in [1.82, 2.24) is 19.7 Å². The first-order valence-electron chi connectivity index (χ1n) is 9.35. The van der Waals surface area contributed by atoms with Crippen LogP contribution >= 0.6 is 0 Å². The average molecular weight is 334 g/mol. The molecule has 0 spiro atoms. The van der Waals surface area contributed by atoms with Gasteiger partial charge in [0.2, 0.25) is 0 Å². The minimum Gasteiger partial charge on any atom is -0.357 e. The van der Waals surface area contributed by atoms with Gasteiger partial charge in [0.25, 0.3) is 0 Å². The van der Waals surface area contributed by atoms with Crippen molar-refractivity contribution in [3.63, 3.8) is 0 Å². The topological polar surface area (TPSA) is 35.8 Å². The highest BCUT2D eigenvalue weighted by atomic mass is 15.3. The van der Waals surface area contributed by atoms with Crippen LogP contribution in [-0.2, 0) is 13.6 Å². The summed E-state index contributed by atoms with van der Waals surface area (Å²) in [6, 6.07) is 4.90. The van der Waals surface area contributed by atoms with Crippen molar-refractivity contribution in [3.8, 4) is 0 Å². The van der Waals surface area contributed by atoms with E-state index in [9.17, 15) is 0 Å². The Morgan fingerprint density at radius 1 is 1.46 bits per heavy atom. The van der Waals surface area contributed by atoms with Crippen LogP contribution in [-0.4, -0.2) is 59.6 Å². The smallest absolute Gasteiger partial charge is 0.194 e. The summed E-state index contributed by atoms with van der Waals surface area (Å²) >= 11 is 0. The number of guanidine groups is 1. The van der Waals surface area contributed by atoms with E-state index in [4.69, 9.17) is 4.99 Å². The van der Waals surface area contributed by atoms with Crippen LogP contribution < -0.4 is 5.32 Å². The molecule has 0 saturated carbocycles. The molecule has 2 rings (SSSR count). The van der Waals surface area contributed by atoms with Gasteiger partial charge >= 0.3 is 0 Å². The first kappa shape index (κ1) is 18.8. The minimum atomic E-state index is 0.644. The van der Waals surface area contributed by atoms with Crippen LogP contribution in [0.5, 0.6) is 0 Å². The molecule has 0 aliphatic carbocycles. The highest BCUT2D eigenvalue weighted by Gasteiger charge is 2.21. The summed E-state index contributed by atoms with van der Waals surface area (Å²) in [5, 5.41) is 3.44. The van der Waals surface area contributed by atoms with Crippen LogP contribution in [0.25, 0.3) is 0 Å². The maximum absolute atomic E-state index is 4.94. The second-order valence-corrected chi connectivity index (χ2v) is 7.26. The lowest BCUT2D eigenvalue weighted by atomic mass is 9.97. The third-order valence-corrected chi connectivity index (χ3v) is 4.93. The van der Waals surface area contributed by atoms with E-state index in [0.29, 0.717) is 12.0 Å². The van der Waals surface area contributed by atoms with Crippen molar-refractivity contribution in [3.05, 3.63) is 24.0 Å². The molecule has 0 aromatic carbocycles. The largest absolute Gasteiger partial charge is 0.357 e. The average Bonchev–Trinajstić information content (AvgIpc) is 2.96. The van der Waals surface area contributed by atoms with E-state index in [-0.39, 0.29) is 0 Å². The maximum Gasteiger partial charge on any atom is 0.194 e. The zero-order valence-corrected chi connectivity index (χ0v) is 16.1. The Bertz CT molecular complexity index is 520. The van der Waals surface area contributed by atoms with Crippen molar-refractivity contribution >= 4 is 5.96 Å². The molecular weight excluding hydrogens is 298 g/mol.